The zero-order valence-corrected chi connectivity index (χ0v) is 14.9. The number of amides is 1. The van der Waals surface area contributed by atoms with E-state index in [1.807, 2.05) is 0 Å². The minimum Gasteiger partial charge on any atom is -0.356 e. The van der Waals surface area contributed by atoms with Gasteiger partial charge in [-0.1, -0.05) is 6.07 Å². The van der Waals surface area contributed by atoms with E-state index in [9.17, 15) is 4.79 Å². The fourth-order valence-corrected chi connectivity index (χ4v) is 4.43. The molecule has 3 heterocycles. The summed E-state index contributed by atoms with van der Waals surface area (Å²) < 4.78 is 0. The molecular weight excluding hydrogens is 326 g/mol. The fraction of sp³-hybridized carbons (Fsp3) is 0.529. The molecule has 1 saturated heterocycles. The molecule has 6 heteroatoms. The summed E-state index contributed by atoms with van der Waals surface area (Å²) in [5.41, 5.74) is 1.09. The lowest BCUT2D eigenvalue weighted by molar-refractivity contribution is -0.121. The largest absolute Gasteiger partial charge is 0.356 e. The van der Waals surface area contributed by atoms with Crippen LogP contribution in [0.3, 0.4) is 0 Å². The average Bonchev–Trinajstić information content (AvgIpc) is 3.29. The van der Waals surface area contributed by atoms with Crippen molar-refractivity contribution in [3.05, 3.63) is 33.5 Å². The molecule has 4 nitrogen and oxygen atoms in total. The molecular formula is C17H23N3OS2. The number of thiazole rings is 1. The summed E-state index contributed by atoms with van der Waals surface area (Å²) >= 11 is 3.48. The molecule has 0 aromatic carbocycles. The van der Waals surface area contributed by atoms with Crippen LogP contribution in [0.4, 0.5) is 5.13 Å². The normalized spacial score (nSPS) is 14.3. The first-order valence-electron chi connectivity index (χ1n) is 8.30. The van der Waals surface area contributed by atoms with E-state index in [0.29, 0.717) is 13.0 Å². The van der Waals surface area contributed by atoms with Gasteiger partial charge in [0, 0.05) is 42.7 Å². The van der Waals surface area contributed by atoms with Crippen LogP contribution in [0.25, 0.3) is 0 Å². The van der Waals surface area contributed by atoms with E-state index >= 15 is 0 Å². The lowest BCUT2D eigenvalue weighted by Gasteiger charge is -2.12. The smallest absolute Gasteiger partial charge is 0.220 e. The molecule has 1 N–H and O–H groups in total. The van der Waals surface area contributed by atoms with Gasteiger partial charge in [-0.25, -0.2) is 4.98 Å². The molecule has 1 fully saturated rings. The van der Waals surface area contributed by atoms with Gasteiger partial charge < -0.3 is 10.2 Å². The van der Waals surface area contributed by atoms with E-state index in [1.54, 1.807) is 22.7 Å². The molecule has 0 bridgehead atoms. The zero-order valence-electron chi connectivity index (χ0n) is 13.3. The molecule has 0 unspecified atom stereocenters. The molecule has 1 aliphatic rings. The van der Waals surface area contributed by atoms with Gasteiger partial charge in [0.2, 0.25) is 5.91 Å². The Morgan fingerprint density at radius 2 is 2.13 bits per heavy atom. The molecule has 1 amide bonds. The second kappa shape index (κ2) is 8.45. The predicted octanol–water partition coefficient (Wildman–Crippen LogP) is 3.49. The Labute approximate surface area is 145 Å². The van der Waals surface area contributed by atoms with Crippen molar-refractivity contribution in [2.75, 3.05) is 24.5 Å². The van der Waals surface area contributed by atoms with Gasteiger partial charge in [0.15, 0.2) is 5.13 Å². The van der Waals surface area contributed by atoms with Gasteiger partial charge in [0.1, 0.15) is 0 Å². The summed E-state index contributed by atoms with van der Waals surface area (Å²) in [5, 5.41) is 8.35. The van der Waals surface area contributed by atoms with Gasteiger partial charge in [0.05, 0.1) is 5.69 Å². The number of aryl methyl sites for hydroxylation is 1. The molecule has 3 rings (SSSR count). The van der Waals surface area contributed by atoms with Crippen LogP contribution in [0.15, 0.2) is 22.9 Å². The quantitative estimate of drug-likeness (QED) is 0.793. The van der Waals surface area contributed by atoms with E-state index in [1.165, 1.54) is 17.7 Å². The third-order valence-corrected chi connectivity index (χ3v) is 5.91. The SMILES string of the molecule is O=C(CCCc1cccs1)NCCc1csc(N2CCCC2)n1. The second-order valence-corrected chi connectivity index (χ2v) is 7.72. The monoisotopic (exact) mass is 349 g/mol. The number of thiophene rings is 1. The van der Waals surface area contributed by atoms with Gasteiger partial charge in [-0.05, 0) is 37.1 Å². The van der Waals surface area contributed by atoms with Crippen molar-refractivity contribution in [1.82, 2.24) is 10.3 Å². The minimum absolute atomic E-state index is 0.150. The van der Waals surface area contributed by atoms with Crippen molar-refractivity contribution >= 4 is 33.7 Å². The summed E-state index contributed by atoms with van der Waals surface area (Å²) in [5.74, 6) is 0.150. The molecule has 0 atom stereocenters. The highest BCUT2D eigenvalue weighted by atomic mass is 32.1. The van der Waals surface area contributed by atoms with Crippen molar-refractivity contribution in [3.63, 3.8) is 0 Å². The summed E-state index contributed by atoms with van der Waals surface area (Å²) in [6.45, 7) is 2.95. The Hall–Kier alpha value is -1.40. The van der Waals surface area contributed by atoms with Crippen LogP contribution in [-0.2, 0) is 17.6 Å². The third-order valence-electron chi connectivity index (χ3n) is 4.03. The predicted molar refractivity (Wildman–Crippen MR) is 97.5 cm³/mol. The summed E-state index contributed by atoms with van der Waals surface area (Å²) in [6, 6.07) is 4.19. The van der Waals surface area contributed by atoms with Crippen LogP contribution >= 0.6 is 22.7 Å². The van der Waals surface area contributed by atoms with Crippen LogP contribution in [0.1, 0.15) is 36.3 Å². The Morgan fingerprint density at radius 1 is 1.26 bits per heavy atom. The summed E-state index contributed by atoms with van der Waals surface area (Å²) in [4.78, 5) is 20.2. The van der Waals surface area contributed by atoms with E-state index in [2.05, 4.69) is 38.1 Å². The third kappa shape index (κ3) is 5.04. The van der Waals surface area contributed by atoms with Crippen molar-refractivity contribution in [2.24, 2.45) is 0 Å². The lowest BCUT2D eigenvalue weighted by atomic mass is 10.2. The van der Waals surface area contributed by atoms with Crippen LogP contribution in [0.2, 0.25) is 0 Å². The van der Waals surface area contributed by atoms with Crippen LogP contribution in [0.5, 0.6) is 0 Å². The van der Waals surface area contributed by atoms with Gasteiger partial charge in [-0.15, -0.1) is 22.7 Å². The Bertz CT molecular complexity index is 603. The molecule has 23 heavy (non-hydrogen) atoms. The average molecular weight is 350 g/mol. The molecule has 1 aliphatic heterocycles. The molecule has 2 aromatic heterocycles. The van der Waals surface area contributed by atoms with E-state index in [-0.39, 0.29) is 5.91 Å². The van der Waals surface area contributed by atoms with E-state index < -0.39 is 0 Å². The van der Waals surface area contributed by atoms with Gasteiger partial charge in [-0.2, -0.15) is 0 Å². The number of nitrogens with zero attached hydrogens (tertiary/aromatic N) is 2. The lowest BCUT2D eigenvalue weighted by Crippen LogP contribution is -2.25. The molecule has 0 saturated carbocycles. The number of aromatic nitrogens is 1. The molecule has 0 aliphatic carbocycles. The maximum Gasteiger partial charge on any atom is 0.220 e. The van der Waals surface area contributed by atoms with Crippen LogP contribution in [0, 0.1) is 0 Å². The van der Waals surface area contributed by atoms with Crippen molar-refractivity contribution in [2.45, 2.75) is 38.5 Å². The van der Waals surface area contributed by atoms with Gasteiger partial charge in [-0.3, -0.25) is 4.79 Å². The van der Waals surface area contributed by atoms with Gasteiger partial charge in [0.25, 0.3) is 0 Å². The van der Waals surface area contributed by atoms with Crippen molar-refractivity contribution in [3.8, 4) is 0 Å². The van der Waals surface area contributed by atoms with Crippen molar-refractivity contribution < 1.29 is 4.79 Å². The fourth-order valence-electron chi connectivity index (χ4n) is 2.76. The number of nitrogens with one attached hydrogen (secondary N) is 1. The standard InChI is InChI=1S/C17H23N3OS2/c21-16(7-3-5-15-6-4-12-22-15)18-9-8-14-13-23-17(19-14)20-10-1-2-11-20/h4,6,12-13H,1-3,5,7-11H2,(H,18,21). The first-order chi connectivity index (χ1) is 11.3. The topological polar surface area (TPSA) is 45.2 Å². The Kier molecular flexibility index (Phi) is 6.05. The van der Waals surface area contributed by atoms with E-state index in [4.69, 9.17) is 0 Å². The summed E-state index contributed by atoms with van der Waals surface area (Å²) in [6.07, 6.45) is 5.89. The number of carbonyl (C=O) groups excluding carboxylic acids is 1. The number of hydrogen-bond donors (Lipinski definition) is 1. The molecule has 0 spiro atoms. The maximum atomic E-state index is 11.8. The molecule has 124 valence electrons. The first-order valence-corrected chi connectivity index (χ1v) is 10.1. The highest BCUT2D eigenvalue weighted by molar-refractivity contribution is 7.13. The highest BCUT2D eigenvalue weighted by Crippen LogP contribution is 2.24. The summed E-state index contributed by atoms with van der Waals surface area (Å²) in [7, 11) is 0. The minimum atomic E-state index is 0.150. The van der Waals surface area contributed by atoms with Crippen LogP contribution in [-0.4, -0.2) is 30.5 Å². The Morgan fingerprint density at radius 3 is 2.91 bits per heavy atom. The number of rotatable bonds is 8. The maximum absolute atomic E-state index is 11.8. The Balaban J connectivity index is 1.32. The second-order valence-electron chi connectivity index (χ2n) is 5.85. The highest BCUT2D eigenvalue weighted by Gasteiger charge is 2.15. The number of hydrogen-bond acceptors (Lipinski definition) is 5. The zero-order chi connectivity index (χ0) is 15.9. The van der Waals surface area contributed by atoms with Gasteiger partial charge >= 0.3 is 0 Å². The molecule has 2 aromatic rings. The first kappa shape index (κ1) is 16.5. The number of carbonyl (C=O) groups is 1. The molecule has 0 radical (unpaired) electrons. The van der Waals surface area contributed by atoms with Crippen LogP contribution < -0.4 is 10.2 Å². The number of anilines is 1. The van der Waals surface area contributed by atoms with E-state index in [0.717, 1.165) is 43.2 Å². The van der Waals surface area contributed by atoms with Crippen molar-refractivity contribution in [1.29, 1.82) is 0 Å².